The summed E-state index contributed by atoms with van der Waals surface area (Å²) in [4.78, 5) is 4.72. The van der Waals surface area contributed by atoms with Gasteiger partial charge in [0.05, 0.1) is 17.6 Å². The summed E-state index contributed by atoms with van der Waals surface area (Å²) in [5.74, 6) is 2.49. The molecule has 5 nitrogen and oxygen atoms in total. The Balaban J connectivity index is 2.08. The highest BCUT2D eigenvalue weighted by Crippen LogP contribution is 2.19. The highest BCUT2D eigenvalue weighted by molar-refractivity contribution is 6.17. The van der Waals surface area contributed by atoms with E-state index in [0.29, 0.717) is 12.4 Å². The number of benzene rings is 1. The fourth-order valence-electron chi connectivity index (χ4n) is 2.55. The summed E-state index contributed by atoms with van der Waals surface area (Å²) in [6.07, 6.45) is 2.51. The Bertz CT molecular complexity index is 759. The molecule has 3 aromatic rings. The molecule has 0 fully saturated rings. The summed E-state index contributed by atoms with van der Waals surface area (Å²) in [5, 5.41) is 8.22. The maximum absolute atomic E-state index is 5.92. The first-order valence-corrected chi connectivity index (χ1v) is 7.64. The molecule has 0 aliphatic heterocycles. The van der Waals surface area contributed by atoms with Gasteiger partial charge in [-0.05, 0) is 31.5 Å². The van der Waals surface area contributed by atoms with Crippen LogP contribution in [0.15, 0.2) is 24.5 Å². The van der Waals surface area contributed by atoms with Crippen molar-refractivity contribution in [1.29, 1.82) is 0 Å². The zero-order chi connectivity index (χ0) is 14.8. The van der Waals surface area contributed by atoms with Crippen molar-refractivity contribution in [2.24, 2.45) is 0 Å². The van der Waals surface area contributed by atoms with E-state index in [4.69, 9.17) is 16.6 Å². The highest BCUT2D eigenvalue weighted by atomic mass is 35.5. The molecule has 0 unspecified atom stereocenters. The van der Waals surface area contributed by atoms with Gasteiger partial charge < -0.3 is 9.13 Å². The number of imidazole rings is 1. The van der Waals surface area contributed by atoms with Crippen LogP contribution in [0.2, 0.25) is 0 Å². The minimum absolute atomic E-state index is 0.558. The van der Waals surface area contributed by atoms with Gasteiger partial charge in [-0.2, -0.15) is 0 Å². The van der Waals surface area contributed by atoms with Crippen LogP contribution in [-0.4, -0.2) is 30.2 Å². The molecule has 21 heavy (non-hydrogen) atoms. The maximum atomic E-state index is 5.92. The van der Waals surface area contributed by atoms with Crippen molar-refractivity contribution >= 4 is 22.6 Å². The van der Waals surface area contributed by atoms with Crippen molar-refractivity contribution in [2.45, 2.75) is 33.4 Å². The van der Waals surface area contributed by atoms with E-state index in [9.17, 15) is 0 Å². The zero-order valence-electron chi connectivity index (χ0n) is 12.3. The van der Waals surface area contributed by atoms with E-state index in [1.165, 1.54) is 5.56 Å². The summed E-state index contributed by atoms with van der Waals surface area (Å²) in [5.41, 5.74) is 3.34. The van der Waals surface area contributed by atoms with E-state index in [1.54, 1.807) is 6.33 Å². The molecule has 0 saturated carbocycles. The monoisotopic (exact) mass is 303 g/mol. The second-order valence-electron chi connectivity index (χ2n) is 5.08. The van der Waals surface area contributed by atoms with Crippen molar-refractivity contribution in [3.63, 3.8) is 0 Å². The first kappa shape index (κ1) is 14.1. The predicted octanol–water partition coefficient (Wildman–Crippen LogP) is 2.79. The molecule has 0 bridgehead atoms. The molecule has 1 aromatic carbocycles. The van der Waals surface area contributed by atoms with Crippen LogP contribution in [0.4, 0.5) is 0 Å². The van der Waals surface area contributed by atoms with Crippen LogP contribution in [0.1, 0.15) is 24.1 Å². The van der Waals surface area contributed by atoms with Gasteiger partial charge >= 0.3 is 0 Å². The van der Waals surface area contributed by atoms with Gasteiger partial charge in [0.15, 0.2) is 5.82 Å². The number of hydrogen-bond acceptors (Lipinski definition) is 3. The molecule has 0 saturated heterocycles. The maximum Gasteiger partial charge on any atom is 0.152 e. The third-order valence-corrected chi connectivity index (χ3v) is 3.83. The molecule has 2 heterocycles. The number of aryl methyl sites for hydroxylation is 3. The van der Waals surface area contributed by atoms with Crippen molar-refractivity contribution in [3.8, 4) is 0 Å². The second-order valence-corrected chi connectivity index (χ2v) is 5.46. The number of nitrogens with zero attached hydrogens (tertiary/aromatic N) is 5. The number of alkyl halides is 1. The number of halogens is 1. The van der Waals surface area contributed by atoms with E-state index in [0.717, 1.165) is 35.6 Å². The Morgan fingerprint density at radius 3 is 2.86 bits per heavy atom. The van der Waals surface area contributed by atoms with E-state index in [1.807, 2.05) is 4.57 Å². The summed E-state index contributed by atoms with van der Waals surface area (Å²) in [7, 11) is 0. The predicted molar refractivity (Wildman–Crippen MR) is 83.7 cm³/mol. The van der Waals surface area contributed by atoms with Crippen LogP contribution >= 0.6 is 11.6 Å². The minimum Gasteiger partial charge on any atom is -0.320 e. The minimum atomic E-state index is 0.558. The van der Waals surface area contributed by atoms with E-state index in [-0.39, 0.29) is 0 Å². The van der Waals surface area contributed by atoms with Crippen molar-refractivity contribution in [2.75, 3.05) is 5.88 Å². The molecule has 0 aliphatic carbocycles. The van der Waals surface area contributed by atoms with Gasteiger partial charge in [-0.25, -0.2) is 4.98 Å². The third kappa shape index (κ3) is 2.65. The highest BCUT2D eigenvalue weighted by Gasteiger charge is 2.13. The Labute approximate surface area is 128 Å². The second kappa shape index (κ2) is 5.85. The summed E-state index contributed by atoms with van der Waals surface area (Å²) >= 11 is 5.92. The van der Waals surface area contributed by atoms with Crippen LogP contribution in [0.5, 0.6) is 0 Å². The molecular weight excluding hydrogens is 286 g/mol. The smallest absolute Gasteiger partial charge is 0.152 e. The molecule has 6 heteroatoms. The van der Waals surface area contributed by atoms with Crippen molar-refractivity contribution < 1.29 is 0 Å². The average molecular weight is 304 g/mol. The normalized spacial score (nSPS) is 11.4. The number of hydrogen-bond donors (Lipinski definition) is 0. The Kier molecular flexibility index (Phi) is 3.92. The summed E-state index contributed by atoms with van der Waals surface area (Å²) < 4.78 is 4.23. The van der Waals surface area contributed by atoms with Crippen LogP contribution in [-0.2, 0) is 19.5 Å². The quantitative estimate of drug-likeness (QED) is 0.681. The first-order chi connectivity index (χ1) is 10.2. The molecule has 3 rings (SSSR count). The topological polar surface area (TPSA) is 48.5 Å². The van der Waals surface area contributed by atoms with E-state index in [2.05, 4.69) is 46.8 Å². The number of fused-ring (bicyclic) bond motifs is 1. The van der Waals surface area contributed by atoms with Gasteiger partial charge in [0.1, 0.15) is 12.2 Å². The lowest BCUT2D eigenvalue weighted by molar-refractivity contribution is 0.643. The van der Waals surface area contributed by atoms with Crippen molar-refractivity contribution in [3.05, 3.63) is 41.7 Å². The lowest BCUT2D eigenvalue weighted by Crippen LogP contribution is -2.11. The fraction of sp³-hybridized carbons (Fsp3) is 0.400. The molecular formula is C15H18ClN5. The molecule has 2 aromatic heterocycles. The molecule has 0 spiro atoms. The number of rotatable bonds is 5. The molecule has 0 aliphatic rings. The van der Waals surface area contributed by atoms with Crippen LogP contribution in [0.25, 0.3) is 11.0 Å². The van der Waals surface area contributed by atoms with Gasteiger partial charge in [-0.15, -0.1) is 21.8 Å². The summed E-state index contributed by atoms with van der Waals surface area (Å²) in [6, 6.07) is 6.33. The largest absolute Gasteiger partial charge is 0.320 e. The van der Waals surface area contributed by atoms with E-state index < -0.39 is 0 Å². The van der Waals surface area contributed by atoms with Gasteiger partial charge in [-0.1, -0.05) is 6.07 Å². The van der Waals surface area contributed by atoms with Gasteiger partial charge in [-0.3, -0.25) is 0 Å². The zero-order valence-corrected chi connectivity index (χ0v) is 13.0. The van der Waals surface area contributed by atoms with Crippen LogP contribution in [0.3, 0.4) is 0 Å². The SMILES string of the molecule is CCn1cnnc1Cn1c(CCCl)nc2cc(C)ccc21. The lowest BCUT2D eigenvalue weighted by Gasteiger charge is -2.09. The standard InChI is InChI=1S/C15H18ClN5/c1-3-20-10-17-19-15(20)9-21-13-5-4-11(2)8-12(13)18-14(21)6-7-16/h4-5,8,10H,3,6-7,9H2,1-2H3. The first-order valence-electron chi connectivity index (χ1n) is 7.11. The molecule has 0 amide bonds. The molecule has 0 atom stereocenters. The Morgan fingerprint density at radius 2 is 2.10 bits per heavy atom. The Morgan fingerprint density at radius 1 is 1.24 bits per heavy atom. The Hall–Kier alpha value is -1.88. The van der Waals surface area contributed by atoms with Gasteiger partial charge in [0.25, 0.3) is 0 Å². The van der Waals surface area contributed by atoms with Gasteiger partial charge in [0.2, 0.25) is 0 Å². The average Bonchev–Trinajstić information content (AvgIpc) is 3.04. The van der Waals surface area contributed by atoms with Crippen molar-refractivity contribution in [1.82, 2.24) is 24.3 Å². The van der Waals surface area contributed by atoms with E-state index >= 15 is 0 Å². The molecule has 110 valence electrons. The molecule has 0 radical (unpaired) electrons. The summed E-state index contributed by atoms with van der Waals surface area (Å²) in [6.45, 7) is 5.69. The van der Waals surface area contributed by atoms with Crippen LogP contribution < -0.4 is 0 Å². The van der Waals surface area contributed by atoms with Gasteiger partial charge in [0, 0.05) is 18.8 Å². The fourth-order valence-corrected chi connectivity index (χ4v) is 2.72. The third-order valence-electron chi connectivity index (χ3n) is 3.64. The lowest BCUT2D eigenvalue weighted by atomic mass is 10.2. The van der Waals surface area contributed by atoms with Crippen LogP contribution in [0, 0.1) is 6.92 Å². The number of aromatic nitrogens is 5. The molecule has 0 N–H and O–H groups in total.